The van der Waals surface area contributed by atoms with Crippen molar-refractivity contribution in [2.75, 3.05) is 11.1 Å². The zero-order chi connectivity index (χ0) is 15.6. The van der Waals surface area contributed by atoms with E-state index in [-0.39, 0.29) is 5.75 Å². The molecule has 0 aliphatic rings. The lowest BCUT2D eigenvalue weighted by Crippen LogP contribution is -2.06. The molecule has 2 aromatic heterocycles. The first-order valence-electron chi connectivity index (χ1n) is 6.80. The van der Waals surface area contributed by atoms with Gasteiger partial charge in [0.25, 0.3) is 0 Å². The van der Waals surface area contributed by atoms with Crippen molar-refractivity contribution >= 4 is 26.7 Å². The summed E-state index contributed by atoms with van der Waals surface area (Å²) < 4.78 is 23.8. The highest BCUT2D eigenvalue weighted by atomic mass is 32.2. The highest BCUT2D eigenvalue weighted by Crippen LogP contribution is 2.18. The van der Waals surface area contributed by atoms with E-state index in [1.165, 1.54) is 6.33 Å². The van der Waals surface area contributed by atoms with Crippen LogP contribution in [0.1, 0.15) is 12.5 Å². The Bertz CT molecular complexity index is 904. The SMILES string of the molecule is CCS(=O)(=O)c1cccc(CNc2ncnc3[nH]ncc23)c1. The number of hydrogen-bond acceptors (Lipinski definition) is 6. The van der Waals surface area contributed by atoms with E-state index in [1.807, 2.05) is 6.07 Å². The van der Waals surface area contributed by atoms with Crippen LogP contribution in [-0.2, 0) is 16.4 Å². The fourth-order valence-electron chi connectivity index (χ4n) is 2.11. The average molecular weight is 317 g/mol. The monoisotopic (exact) mass is 317 g/mol. The molecule has 2 heterocycles. The number of hydrogen-bond donors (Lipinski definition) is 2. The summed E-state index contributed by atoms with van der Waals surface area (Å²) in [7, 11) is -3.20. The fraction of sp³-hybridized carbons (Fsp3) is 0.214. The maximum absolute atomic E-state index is 11.9. The minimum absolute atomic E-state index is 0.0887. The number of fused-ring (bicyclic) bond motifs is 1. The molecule has 7 nitrogen and oxygen atoms in total. The molecule has 0 fully saturated rings. The van der Waals surface area contributed by atoms with Crippen molar-refractivity contribution in [1.29, 1.82) is 0 Å². The molecule has 0 saturated carbocycles. The number of H-pyrrole nitrogens is 1. The minimum Gasteiger partial charge on any atom is -0.365 e. The van der Waals surface area contributed by atoms with E-state index in [2.05, 4.69) is 25.5 Å². The first-order chi connectivity index (χ1) is 10.6. The Balaban J connectivity index is 1.83. The number of anilines is 1. The third-order valence-electron chi connectivity index (χ3n) is 3.35. The van der Waals surface area contributed by atoms with Crippen molar-refractivity contribution in [3.8, 4) is 0 Å². The molecule has 2 N–H and O–H groups in total. The van der Waals surface area contributed by atoms with E-state index in [4.69, 9.17) is 0 Å². The predicted molar refractivity (Wildman–Crippen MR) is 83.2 cm³/mol. The molecule has 0 unspecified atom stereocenters. The molecule has 8 heteroatoms. The van der Waals surface area contributed by atoms with Crippen LogP contribution in [0.25, 0.3) is 11.0 Å². The van der Waals surface area contributed by atoms with Crippen LogP contribution >= 0.6 is 0 Å². The number of nitrogens with zero attached hydrogens (tertiary/aromatic N) is 3. The first-order valence-corrected chi connectivity index (χ1v) is 8.45. The molecular formula is C14H15N5O2S. The largest absolute Gasteiger partial charge is 0.365 e. The molecule has 0 amide bonds. The standard InChI is InChI=1S/C14H15N5O2S/c1-2-22(20,21)11-5-3-4-10(6-11)7-15-13-12-8-18-19-14(12)17-9-16-13/h3-6,8-9H,2,7H2,1H3,(H2,15,16,17,18,19). The maximum atomic E-state index is 11.9. The molecular weight excluding hydrogens is 302 g/mol. The van der Waals surface area contributed by atoms with Crippen LogP contribution in [0.15, 0.2) is 41.7 Å². The third kappa shape index (κ3) is 2.77. The summed E-state index contributed by atoms with van der Waals surface area (Å²) in [6.07, 6.45) is 3.09. The Morgan fingerprint density at radius 1 is 1.27 bits per heavy atom. The van der Waals surface area contributed by atoms with Gasteiger partial charge in [-0.2, -0.15) is 5.10 Å². The van der Waals surface area contributed by atoms with Crippen LogP contribution in [0.4, 0.5) is 5.82 Å². The normalized spacial score (nSPS) is 11.7. The molecule has 3 rings (SSSR count). The van der Waals surface area contributed by atoms with E-state index in [9.17, 15) is 8.42 Å². The number of sulfone groups is 1. The molecule has 0 bridgehead atoms. The molecule has 114 valence electrons. The lowest BCUT2D eigenvalue weighted by molar-refractivity contribution is 0.597. The van der Waals surface area contributed by atoms with Gasteiger partial charge in [0.05, 0.1) is 22.2 Å². The van der Waals surface area contributed by atoms with Gasteiger partial charge in [0.15, 0.2) is 15.5 Å². The van der Waals surface area contributed by atoms with Crippen molar-refractivity contribution in [2.45, 2.75) is 18.4 Å². The van der Waals surface area contributed by atoms with Crippen molar-refractivity contribution in [1.82, 2.24) is 20.2 Å². The maximum Gasteiger partial charge on any atom is 0.178 e. The van der Waals surface area contributed by atoms with Gasteiger partial charge in [-0.25, -0.2) is 18.4 Å². The second kappa shape index (κ2) is 5.72. The zero-order valence-corrected chi connectivity index (χ0v) is 12.8. The third-order valence-corrected chi connectivity index (χ3v) is 5.08. The van der Waals surface area contributed by atoms with Crippen LogP contribution in [0.2, 0.25) is 0 Å². The van der Waals surface area contributed by atoms with Crippen LogP contribution in [-0.4, -0.2) is 34.3 Å². The number of aromatic amines is 1. The van der Waals surface area contributed by atoms with Crippen LogP contribution < -0.4 is 5.32 Å². The zero-order valence-electron chi connectivity index (χ0n) is 11.9. The van der Waals surface area contributed by atoms with Gasteiger partial charge in [-0.15, -0.1) is 0 Å². The first kappa shape index (κ1) is 14.5. The van der Waals surface area contributed by atoms with E-state index in [0.29, 0.717) is 22.9 Å². The Labute approximate surface area is 127 Å². The van der Waals surface area contributed by atoms with Gasteiger partial charge >= 0.3 is 0 Å². The number of aromatic nitrogens is 4. The van der Waals surface area contributed by atoms with Gasteiger partial charge in [-0.05, 0) is 17.7 Å². The highest BCUT2D eigenvalue weighted by molar-refractivity contribution is 7.91. The Kier molecular flexibility index (Phi) is 3.76. The molecule has 3 aromatic rings. The molecule has 0 spiro atoms. The number of rotatable bonds is 5. The van der Waals surface area contributed by atoms with Gasteiger partial charge in [0.2, 0.25) is 0 Å². The van der Waals surface area contributed by atoms with Gasteiger partial charge in [0.1, 0.15) is 12.1 Å². The Hall–Kier alpha value is -2.48. The Morgan fingerprint density at radius 3 is 2.95 bits per heavy atom. The lowest BCUT2D eigenvalue weighted by atomic mass is 10.2. The molecule has 1 aromatic carbocycles. The smallest absolute Gasteiger partial charge is 0.178 e. The summed E-state index contributed by atoms with van der Waals surface area (Å²) in [6, 6.07) is 6.91. The van der Waals surface area contributed by atoms with Gasteiger partial charge in [0, 0.05) is 6.54 Å². The summed E-state index contributed by atoms with van der Waals surface area (Å²) in [4.78, 5) is 8.59. The molecule has 0 aliphatic carbocycles. The van der Waals surface area contributed by atoms with Gasteiger partial charge < -0.3 is 5.32 Å². The van der Waals surface area contributed by atoms with E-state index < -0.39 is 9.84 Å². The Morgan fingerprint density at radius 2 is 2.14 bits per heavy atom. The fourth-order valence-corrected chi connectivity index (χ4v) is 3.06. The molecule has 0 radical (unpaired) electrons. The highest BCUT2D eigenvalue weighted by Gasteiger charge is 2.12. The average Bonchev–Trinajstić information content (AvgIpc) is 3.02. The second-order valence-electron chi connectivity index (χ2n) is 4.76. The summed E-state index contributed by atoms with van der Waals surface area (Å²) in [6.45, 7) is 2.10. The lowest BCUT2D eigenvalue weighted by Gasteiger charge is -2.08. The molecule has 0 atom stereocenters. The van der Waals surface area contributed by atoms with Crippen molar-refractivity contribution in [2.24, 2.45) is 0 Å². The van der Waals surface area contributed by atoms with Crippen LogP contribution in [0.5, 0.6) is 0 Å². The molecule has 22 heavy (non-hydrogen) atoms. The van der Waals surface area contributed by atoms with Gasteiger partial charge in [-0.1, -0.05) is 19.1 Å². The van der Waals surface area contributed by atoms with E-state index >= 15 is 0 Å². The summed E-state index contributed by atoms with van der Waals surface area (Å²) >= 11 is 0. The summed E-state index contributed by atoms with van der Waals surface area (Å²) in [5, 5.41) is 10.7. The predicted octanol–water partition coefficient (Wildman–Crippen LogP) is 1.76. The van der Waals surface area contributed by atoms with Gasteiger partial charge in [-0.3, -0.25) is 5.10 Å². The van der Waals surface area contributed by atoms with Crippen LogP contribution in [0, 0.1) is 0 Å². The summed E-state index contributed by atoms with van der Waals surface area (Å²) in [5.41, 5.74) is 1.52. The number of nitrogens with one attached hydrogen (secondary N) is 2. The second-order valence-corrected chi connectivity index (χ2v) is 7.04. The topological polar surface area (TPSA) is 101 Å². The quantitative estimate of drug-likeness (QED) is 0.743. The minimum atomic E-state index is -3.20. The van der Waals surface area contributed by atoms with Crippen molar-refractivity contribution in [3.05, 3.63) is 42.4 Å². The van der Waals surface area contributed by atoms with E-state index in [1.54, 1.807) is 31.3 Å². The van der Waals surface area contributed by atoms with Crippen LogP contribution in [0.3, 0.4) is 0 Å². The van der Waals surface area contributed by atoms with Crippen molar-refractivity contribution < 1.29 is 8.42 Å². The molecule has 0 aliphatic heterocycles. The van der Waals surface area contributed by atoms with Crippen molar-refractivity contribution in [3.63, 3.8) is 0 Å². The van der Waals surface area contributed by atoms with E-state index in [0.717, 1.165) is 10.9 Å². The number of benzene rings is 1. The summed E-state index contributed by atoms with van der Waals surface area (Å²) in [5.74, 6) is 0.744. The molecule has 0 saturated heterocycles.